The number of anilines is 2. The van der Waals surface area contributed by atoms with E-state index in [0.29, 0.717) is 28.1 Å². The number of pyridine rings is 1. The van der Waals surface area contributed by atoms with Crippen LogP contribution in [0.3, 0.4) is 0 Å². The highest BCUT2D eigenvalue weighted by atomic mass is 35.5. The molecule has 0 bridgehead atoms. The third-order valence-corrected chi connectivity index (χ3v) is 6.11. The second-order valence-electron chi connectivity index (χ2n) is 8.19. The molecule has 0 aliphatic heterocycles. The molecule has 1 aliphatic carbocycles. The molecule has 5 nitrogen and oxygen atoms in total. The molecular weight excluding hydrogens is 453 g/mol. The zero-order chi connectivity index (χ0) is 23.6. The highest BCUT2D eigenvalue weighted by Crippen LogP contribution is 2.35. The van der Waals surface area contributed by atoms with Crippen LogP contribution >= 0.6 is 11.6 Å². The van der Waals surface area contributed by atoms with Crippen LogP contribution in [-0.4, -0.2) is 30.0 Å². The number of nitrogens with one attached hydrogen (secondary N) is 3. The molecule has 0 spiro atoms. The van der Waals surface area contributed by atoms with Gasteiger partial charge >= 0.3 is 6.18 Å². The van der Waals surface area contributed by atoms with Gasteiger partial charge in [0.05, 0.1) is 11.1 Å². The number of rotatable bonds is 5. The minimum Gasteiger partial charge on any atom is -0.387 e. The molecule has 1 aliphatic rings. The lowest BCUT2D eigenvalue weighted by Gasteiger charge is -2.31. The fourth-order valence-corrected chi connectivity index (χ4v) is 4.47. The van der Waals surface area contributed by atoms with Crippen LogP contribution in [0.1, 0.15) is 41.7 Å². The summed E-state index contributed by atoms with van der Waals surface area (Å²) in [7, 11) is 1.76. The van der Waals surface area contributed by atoms with E-state index in [1.54, 1.807) is 25.2 Å². The molecule has 2 aromatic carbocycles. The van der Waals surface area contributed by atoms with Gasteiger partial charge in [0.2, 0.25) is 0 Å². The van der Waals surface area contributed by atoms with Crippen molar-refractivity contribution in [2.75, 3.05) is 17.7 Å². The van der Waals surface area contributed by atoms with Crippen LogP contribution < -0.4 is 16.0 Å². The van der Waals surface area contributed by atoms with Gasteiger partial charge in [-0.05, 0) is 62.1 Å². The van der Waals surface area contributed by atoms with E-state index in [1.807, 2.05) is 12.1 Å². The zero-order valence-electron chi connectivity index (χ0n) is 18.0. The van der Waals surface area contributed by atoms with Gasteiger partial charge in [-0.25, -0.2) is 4.98 Å². The number of alkyl halides is 3. The topological polar surface area (TPSA) is 66.1 Å². The highest BCUT2D eigenvalue weighted by molar-refractivity contribution is 6.31. The minimum atomic E-state index is -4.56. The zero-order valence-corrected chi connectivity index (χ0v) is 18.7. The van der Waals surface area contributed by atoms with E-state index < -0.39 is 11.9 Å². The SMILES string of the molecule is CNc1ccccc1C(=O)N[C@@H]1CCC[C@H](Nc2cc(C(F)(F)F)nc3ccc(Cl)cc23)C1. The maximum Gasteiger partial charge on any atom is 0.433 e. The van der Waals surface area contributed by atoms with Gasteiger partial charge in [-0.3, -0.25) is 4.79 Å². The van der Waals surface area contributed by atoms with Crippen molar-refractivity contribution < 1.29 is 18.0 Å². The van der Waals surface area contributed by atoms with E-state index in [1.165, 1.54) is 12.1 Å². The van der Waals surface area contributed by atoms with E-state index in [-0.39, 0.29) is 23.5 Å². The van der Waals surface area contributed by atoms with Crippen LogP contribution in [-0.2, 0) is 6.18 Å². The number of amides is 1. The lowest BCUT2D eigenvalue weighted by Crippen LogP contribution is -2.42. The van der Waals surface area contributed by atoms with E-state index in [9.17, 15) is 18.0 Å². The Kier molecular flexibility index (Phi) is 6.65. The maximum absolute atomic E-state index is 13.4. The van der Waals surface area contributed by atoms with Gasteiger partial charge in [-0.15, -0.1) is 0 Å². The largest absolute Gasteiger partial charge is 0.433 e. The number of hydrogen-bond donors (Lipinski definition) is 3. The van der Waals surface area contributed by atoms with Crippen molar-refractivity contribution in [3.63, 3.8) is 0 Å². The summed E-state index contributed by atoms with van der Waals surface area (Å²) in [6.07, 6.45) is -1.53. The Morgan fingerprint density at radius 3 is 2.58 bits per heavy atom. The number of aromatic nitrogens is 1. The molecule has 1 aromatic heterocycles. The van der Waals surface area contributed by atoms with Crippen LogP contribution in [0.25, 0.3) is 10.9 Å². The van der Waals surface area contributed by atoms with Crippen molar-refractivity contribution in [2.45, 2.75) is 43.9 Å². The van der Waals surface area contributed by atoms with Crippen molar-refractivity contribution >= 4 is 39.8 Å². The third kappa shape index (κ3) is 5.33. The molecular formula is C24H24ClF3N4O. The maximum atomic E-state index is 13.4. The van der Waals surface area contributed by atoms with Gasteiger partial charge < -0.3 is 16.0 Å². The van der Waals surface area contributed by atoms with E-state index in [2.05, 4.69) is 20.9 Å². The number of halogens is 4. The first kappa shape index (κ1) is 23.2. The van der Waals surface area contributed by atoms with Crippen LogP contribution in [0.4, 0.5) is 24.5 Å². The van der Waals surface area contributed by atoms with Crippen LogP contribution in [0.5, 0.6) is 0 Å². The van der Waals surface area contributed by atoms with Gasteiger partial charge in [0.15, 0.2) is 0 Å². The van der Waals surface area contributed by atoms with Crippen LogP contribution in [0, 0.1) is 0 Å². The molecule has 1 heterocycles. The summed E-state index contributed by atoms with van der Waals surface area (Å²) in [5.41, 5.74) is 0.900. The van der Waals surface area contributed by atoms with Gasteiger partial charge in [0.1, 0.15) is 5.69 Å². The molecule has 4 rings (SSSR count). The first-order valence-corrected chi connectivity index (χ1v) is 11.1. The summed E-state index contributed by atoms with van der Waals surface area (Å²) in [4.78, 5) is 16.6. The summed E-state index contributed by atoms with van der Waals surface area (Å²) in [6.45, 7) is 0. The summed E-state index contributed by atoms with van der Waals surface area (Å²) < 4.78 is 40.2. The van der Waals surface area contributed by atoms with Gasteiger partial charge in [-0.1, -0.05) is 23.7 Å². The summed E-state index contributed by atoms with van der Waals surface area (Å²) in [6, 6.07) is 12.7. The quantitative estimate of drug-likeness (QED) is 0.416. The van der Waals surface area contributed by atoms with Crippen molar-refractivity contribution in [2.24, 2.45) is 0 Å². The molecule has 0 saturated heterocycles. The molecule has 3 N–H and O–H groups in total. The smallest absolute Gasteiger partial charge is 0.387 e. The standard InChI is InChI=1S/C24H24ClF3N4O/c1-29-19-8-3-2-7-17(19)23(33)31-16-6-4-5-15(12-16)30-21-13-22(24(26,27)28)32-20-10-9-14(25)11-18(20)21/h2-3,7-11,13,15-16,29H,4-6,12H2,1H3,(H,30,32)(H,31,33)/t15-,16+/m0/s1. The van der Waals surface area contributed by atoms with Crippen LogP contribution in [0.2, 0.25) is 5.02 Å². The van der Waals surface area contributed by atoms with Crippen molar-refractivity contribution in [1.82, 2.24) is 10.3 Å². The Labute approximate surface area is 194 Å². The summed E-state index contributed by atoms with van der Waals surface area (Å²) >= 11 is 6.10. The highest BCUT2D eigenvalue weighted by Gasteiger charge is 2.34. The molecule has 9 heteroatoms. The molecule has 0 radical (unpaired) electrons. The fourth-order valence-electron chi connectivity index (χ4n) is 4.30. The second kappa shape index (κ2) is 9.47. The Balaban J connectivity index is 1.53. The Hall–Kier alpha value is -3.00. The number of para-hydroxylation sites is 1. The first-order chi connectivity index (χ1) is 15.7. The predicted molar refractivity (Wildman–Crippen MR) is 125 cm³/mol. The lowest BCUT2D eigenvalue weighted by atomic mass is 9.90. The predicted octanol–water partition coefficient (Wildman–Crippen LogP) is 6.10. The average molecular weight is 477 g/mol. The van der Waals surface area contributed by atoms with Crippen molar-refractivity contribution in [3.05, 3.63) is 64.8 Å². The van der Waals surface area contributed by atoms with Crippen LogP contribution in [0.15, 0.2) is 48.5 Å². The van der Waals surface area contributed by atoms with Gasteiger partial charge in [0, 0.05) is 40.9 Å². The fraction of sp³-hybridized carbons (Fsp3) is 0.333. The normalized spacial score (nSPS) is 18.7. The number of fused-ring (bicyclic) bond motifs is 1. The molecule has 2 atom stereocenters. The third-order valence-electron chi connectivity index (χ3n) is 5.87. The number of carbonyl (C=O) groups is 1. The van der Waals surface area contributed by atoms with Crippen molar-refractivity contribution in [3.8, 4) is 0 Å². The van der Waals surface area contributed by atoms with E-state index in [0.717, 1.165) is 31.0 Å². The molecule has 33 heavy (non-hydrogen) atoms. The second-order valence-corrected chi connectivity index (χ2v) is 8.62. The Bertz CT molecular complexity index is 1170. The van der Waals surface area contributed by atoms with E-state index >= 15 is 0 Å². The first-order valence-electron chi connectivity index (χ1n) is 10.8. The molecule has 1 saturated carbocycles. The molecule has 174 valence electrons. The summed E-state index contributed by atoms with van der Waals surface area (Å²) in [5, 5.41) is 10.3. The van der Waals surface area contributed by atoms with Crippen molar-refractivity contribution in [1.29, 1.82) is 0 Å². The molecule has 1 fully saturated rings. The number of hydrogen-bond acceptors (Lipinski definition) is 4. The number of nitrogens with zero attached hydrogens (tertiary/aromatic N) is 1. The number of benzene rings is 2. The molecule has 0 unspecified atom stereocenters. The Morgan fingerprint density at radius 1 is 1.06 bits per heavy atom. The average Bonchev–Trinajstić information content (AvgIpc) is 2.78. The Morgan fingerprint density at radius 2 is 1.82 bits per heavy atom. The summed E-state index contributed by atoms with van der Waals surface area (Å²) in [5.74, 6) is -0.175. The van der Waals surface area contributed by atoms with Gasteiger partial charge in [-0.2, -0.15) is 13.2 Å². The monoisotopic (exact) mass is 476 g/mol. The van der Waals surface area contributed by atoms with Gasteiger partial charge in [0.25, 0.3) is 5.91 Å². The molecule has 3 aromatic rings. The van der Waals surface area contributed by atoms with E-state index in [4.69, 9.17) is 11.6 Å². The molecule has 1 amide bonds. The number of carbonyl (C=O) groups excluding carboxylic acids is 1. The minimum absolute atomic E-state index is 0.0903. The lowest BCUT2D eigenvalue weighted by molar-refractivity contribution is -0.140.